The SMILES string of the molecule is CN1CCCC1c1cccnc1.NCCS(=O)(=O)O. The van der Waals surface area contributed by atoms with Crippen LogP contribution in [0.5, 0.6) is 0 Å². The van der Waals surface area contributed by atoms with Gasteiger partial charge >= 0.3 is 0 Å². The normalized spacial score (nSPS) is 19.8. The largest absolute Gasteiger partial charge is 0.329 e. The van der Waals surface area contributed by atoms with E-state index in [9.17, 15) is 8.42 Å². The first-order valence-electron chi connectivity index (χ1n) is 6.19. The Labute approximate surface area is 114 Å². The first kappa shape index (κ1) is 16.0. The van der Waals surface area contributed by atoms with Gasteiger partial charge in [-0.25, -0.2) is 0 Å². The van der Waals surface area contributed by atoms with Crippen LogP contribution in [0, 0.1) is 0 Å². The lowest BCUT2D eigenvalue weighted by Crippen LogP contribution is -2.17. The fourth-order valence-electron chi connectivity index (χ4n) is 2.05. The van der Waals surface area contributed by atoms with Crippen molar-refractivity contribution in [3.05, 3.63) is 30.1 Å². The van der Waals surface area contributed by atoms with E-state index in [1.165, 1.54) is 24.9 Å². The Hall–Kier alpha value is -1.02. The molecule has 2 heterocycles. The van der Waals surface area contributed by atoms with Gasteiger partial charge in [0.05, 0.1) is 5.75 Å². The van der Waals surface area contributed by atoms with Crippen molar-refractivity contribution in [3.8, 4) is 0 Å². The van der Waals surface area contributed by atoms with E-state index in [0.717, 1.165) is 0 Å². The number of hydrogen-bond donors (Lipinski definition) is 2. The fourth-order valence-corrected chi connectivity index (χ4v) is 2.35. The van der Waals surface area contributed by atoms with Crippen molar-refractivity contribution in [2.24, 2.45) is 5.73 Å². The molecule has 1 aliphatic rings. The molecule has 1 aromatic heterocycles. The van der Waals surface area contributed by atoms with Crippen LogP contribution in [0.15, 0.2) is 24.5 Å². The second kappa shape index (κ2) is 7.54. The van der Waals surface area contributed by atoms with Gasteiger partial charge in [-0.1, -0.05) is 6.07 Å². The van der Waals surface area contributed by atoms with Crippen molar-refractivity contribution in [1.29, 1.82) is 0 Å². The summed E-state index contributed by atoms with van der Waals surface area (Å²) in [7, 11) is -1.61. The summed E-state index contributed by atoms with van der Waals surface area (Å²) in [5.74, 6) is -0.354. The molecule has 7 heteroatoms. The molecule has 6 nitrogen and oxygen atoms in total. The van der Waals surface area contributed by atoms with Crippen LogP contribution in [0.4, 0.5) is 0 Å². The van der Waals surface area contributed by atoms with Crippen LogP contribution in [0.2, 0.25) is 0 Å². The van der Waals surface area contributed by atoms with Gasteiger partial charge < -0.3 is 5.73 Å². The zero-order chi connectivity index (χ0) is 14.3. The van der Waals surface area contributed by atoms with Crippen LogP contribution >= 0.6 is 0 Å². The number of pyridine rings is 1. The maximum atomic E-state index is 9.71. The molecule has 0 amide bonds. The summed E-state index contributed by atoms with van der Waals surface area (Å²) in [6, 6.07) is 4.79. The van der Waals surface area contributed by atoms with E-state index in [2.05, 4.69) is 23.0 Å². The Balaban J connectivity index is 0.000000224. The number of nitrogens with two attached hydrogens (primary N) is 1. The van der Waals surface area contributed by atoms with E-state index < -0.39 is 10.1 Å². The number of rotatable bonds is 3. The van der Waals surface area contributed by atoms with Gasteiger partial charge in [0, 0.05) is 25.0 Å². The number of aromatic nitrogens is 1. The first-order valence-corrected chi connectivity index (χ1v) is 7.80. The van der Waals surface area contributed by atoms with Crippen molar-refractivity contribution < 1.29 is 13.0 Å². The van der Waals surface area contributed by atoms with Gasteiger partial charge in [-0.05, 0) is 38.1 Å². The fraction of sp³-hybridized carbons (Fsp3) is 0.583. The van der Waals surface area contributed by atoms with E-state index in [1.807, 2.05) is 18.5 Å². The number of likely N-dealkylation sites (tertiary alicyclic amines) is 1. The van der Waals surface area contributed by atoms with E-state index in [1.54, 1.807) is 0 Å². The van der Waals surface area contributed by atoms with Crippen LogP contribution in [0.1, 0.15) is 24.4 Å². The van der Waals surface area contributed by atoms with Gasteiger partial charge in [-0.15, -0.1) is 0 Å². The summed E-state index contributed by atoms with van der Waals surface area (Å²) in [5.41, 5.74) is 6.13. The second-order valence-corrected chi connectivity index (χ2v) is 6.07. The van der Waals surface area contributed by atoms with Gasteiger partial charge in [-0.3, -0.25) is 14.4 Å². The zero-order valence-electron chi connectivity index (χ0n) is 11.1. The van der Waals surface area contributed by atoms with Gasteiger partial charge in [-0.2, -0.15) is 8.42 Å². The predicted octanol–water partition coefficient (Wildman–Crippen LogP) is 0.681. The minimum atomic E-state index is -3.80. The Kier molecular flexibility index (Phi) is 6.36. The predicted molar refractivity (Wildman–Crippen MR) is 74.3 cm³/mol. The standard InChI is InChI=1S/C10H14N2.C2H7NO3S/c1-12-7-3-5-10(12)9-4-2-6-11-8-9;3-1-2-7(4,5)6/h2,4,6,8,10H,3,5,7H2,1H3;1-3H2,(H,4,5,6). The lowest BCUT2D eigenvalue weighted by atomic mass is 10.1. The molecule has 0 spiro atoms. The summed E-state index contributed by atoms with van der Waals surface area (Å²) in [4.78, 5) is 6.54. The summed E-state index contributed by atoms with van der Waals surface area (Å²) >= 11 is 0. The monoisotopic (exact) mass is 287 g/mol. The summed E-state index contributed by atoms with van der Waals surface area (Å²) in [5, 5.41) is 0. The van der Waals surface area contributed by atoms with Gasteiger partial charge in [0.25, 0.3) is 10.1 Å². The van der Waals surface area contributed by atoms with E-state index in [0.29, 0.717) is 6.04 Å². The van der Waals surface area contributed by atoms with Crippen LogP contribution in [0.25, 0.3) is 0 Å². The molecule has 1 atom stereocenters. The van der Waals surface area contributed by atoms with Gasteiger partial charge in [0.2, 0.25) is 0 Å². The highest BCUT2D eigenvalue weighted by Gasteiger charge is 2.21. The van der Waals surface area contributed by atoms with Crippen molar-refractivity contribution in [3.63, 3.8) is 0 Å². The third kappa shape index (κ3) is 6.11. The van der Waals surface area contributed by atoms with Gasteiger partial charge in [0.15, 0.2) is 0 Å². The number of hydrogen-bond acceptors (Lipinski definition) is 5. The average Bonchev–Trinajstić information content (AvgIpc) is 2.76. The first-order chi connectivity index (χ1) is 8.94. The van der Waals surface area contributed by atoms with E-state index in [-0.39, 0.29) is 12.3 Å². The highest BCUT2D eigenvalue weighted by Crippen LogP contribution is 2.29. The maximum absolute atomic E-state index is 9.71. The smallest absolute Gasteiger partial charge is 0.266 e. The molecule has 1 aliphatic heterocycles. The molecule has 1 fully saturated rings. The molecule has 2 rings (SSSR count). The number of nitrogens with zero attached hydrogens (tertiary/aromatic N) is 2. The lowest BCUT2D eigenvalue weighted by Gasteiger charge is -2.18. The minimum Gasteiger partial charge on any atom is -0.329 e. The molecule has 19 heavy (non-hydrogen) atoms. The minimum absolute atomic E-state index is 0.0289. The molecular formula is C12H21N3O3S. The van der Waals surface area contributed by atoms with Gasteiger partial charge in [0.1, 0.15) is 0 Å². The molecule has 1 aromatic rings. The van der Waals surface area contributed by atoms with Crippen molar-refractivity contribution >= 4 is 10.1 Å². The Morgan fingerprint density at radius 2 is 2.32 bits per heavy atom. The molecule has 108 valence electrons. The van der Waals surface area contributed by atoms with Crippen LogP contribution in [-0.4, -0.2) is 48.7 Å². The average molecular weight is 287 g/mol. The highest BCUT2D eigenvalue weighted by molar-refractivity contribution is 7.85. The Morgan fingerprint density at radius 3 is 2.68 bits per heavy atom. The molecule has 1 saturated heterocycles. The maximum Gasteiger partial charge on any atom is 0.266 e. The van der Waals surface area contributed by atoms with E-state index >= 15 is 0 Å². The van der Waals surface area contributed by atoms with Crippen LogP contribution < -0.4 is 5.73 Å². The summed E-state index contributed by atoms with van der Waals surface area (Å²) < 4.78 is 27.3. The molecule has 0 radical (unpaired) electrons. The molecule has 3 N–H and O–H groups in total. The molecule has 0 bridgehead atoms. The molecular weight excluding hydrogens is 266 g/mol. The second-order valence-electron chi connectivity index (χ2n) is 4.50. The third-order valence-corrected chi connectivity index (χ3v) is 3.72. The molecule has 0 aromatic carbocycles. The van der Waals surface area contributed by atoms with Crippen molar-refractivity contribution in [2.75, 3.05) is 25.9 Å². The van der Waals surface area contributed by atoms with E-state index in [4.69, 9.17) is 10.3 Å². The zero-order valence-corrected chi connectivity index (χ0v) is 11.9. The molecule has 1 unspecified atom stereocenters. The lowest BCUT2D eigenvalue weighted by molar-refractivity contribution is 0.317. The third-order valence-electron chi connectivity index (χ3n) is 2.97. The summed E-state index contributed by atoms with van der Waals surface area (Å²) in [6.45, 7) is 1.19. The van der Waals surface area contributed by atoms with Crippen molar-refractivity contribution in [1.82, 2.24) is 9.88 Å². The Bertz CT molecular complexity index is 464. The molecule has 0 saturated carbocycles. The summed E-state index contributed by atoms with van der Waals surface area (Å²) in [6.07, 6.45) is 6.41. The molecule has 0 aliphatic carbocycles. The topological polar surface area (TPSA) is 96.5 Å². The quantitative estimate of drug-likeness (QED) is 0.794. The van der Waals surface area contributed by atoms with Crippen LogP contribution in [-0.2, 0) is 10.1 Å². The van der Waals surface area contributed by atoms with Crippen LogP contribution in [0.3, 0.4) is 0 Å². The Morgan fingerprint density at radius 1 is 1.58 bits per heavy atom. The van der Waals surface area contributed by atoms with Crippen molar-refractivity contribution in [2.45, 2.75) is 18.9 Å². The highest BCUT2D eigenvalue weighted by atomic mass is 32.2.